The summed E-state index contributed by atoms with van der Waals surface area (Å²) in [5.74, 6) is -0.866. The summed E-state index contributed by atoms with van der Waals surface area (Å²) < 4.78 is 43.5. The number of amides is 1. The molecule has 2 heterocycles. The minimum atomic E-state index is -3.75. The number of nitrogens with zero attached hydrogens (tertiary/aromatic N) is 2. The normalized spacial score (nSPS) is 25.8. The topological polar surface area (TPSA) is 102 Å². The molecule has 2 saturated heterocycles. The lowest BCUT2D eigenvalue weighted by atomic mass is 10.00. The van der Waals surface area contributed by atoms with Crippen molar-refractivity contribution in [1.29, 1.82) is 0 Å². The van der Waals surface area contributed by atoms with Gasteiger partial charge in [0.1, 0.15) is 5.75 Å². The molecule has 1 aromatic rings. The summed E-state index contributed by atoms with van der Waals surface area (Å²) in [5.41, 5.74) is 0. The quantitative estimate of drug-likeness (QED) is 0.585. The summed E-state index contributed by atoms with van der Waals surface area (Å²) in [6.45, 7) is 6.60. The highest BCUT2D eigenvalue weighted by molar-refractivity contribution is 7.89. The van der Waals surface area contributed by atoms with Crippen LogP contribution in [0, 0.1) is 5.92 Å². The molecule has 1 aromatic carbocycles. The lowest BCUT2D eigenvalue weighted by Crippen LogP contribution is -2.52. The van der Waals surface area contributed by atoms with Crippen molar-refractivity contribution in [1.82, 2.24) is 9.21 Å². The molecule has 0 radical (unpaired) electrons. The van der Waals surface area contributed by atoms with Crippen molar-refractivity contribution in [3.05, 3.63) is 24.3 Å². The minimum absolute atomic E-state index is 0.0275. The van der Waals surface area contributed by atoms with E-state index >= 15 is 0 Å². The smallest absolute Gasteiger partial charge is 0.311 e. The first kappa shape index (κ1) is 24.5. The molecule has 0 aliphatic carbocycles. The average molecular weight is 469 g/mol. The molecule has 4 unspecified atom stereocenters. The van der Waals surface area contributed by atoms with Gasteiger partial charge in [0.25, 0.3) is 5.91 Å². The second-order valence-electron chi connectivity index (χ2n) is 8.46. The van der Waals surface area contributed by atoms with E-state index in [0.717, 1.165) is 0 Å². The van der Waals surface area contributed by atoms with E-state index in [1.54, 1.807) is 24.0 Å². The zero-order valence-corrected chi connectivity index (χ0v) is 19.8. The van der Waals surface area contributed by atoms with E-state index in [1.165, 1.54) is 23.5 Å². The lowest BCUT2D eigenvalue weighted by molar-refractivity contribution is -0.167. The molecule has 2 aliphatic rings. The van der Waals surface area contributed by atoms with Gasteiger partial charge >= 0.3 is 5.97 Å². The Morgan fingerprint density at radius 2 is 1.72 bits per heavy atom. The van der Waals surface area contributed by atoms with Gasteiger partial charge in [-0.2, -0.15) is 4.31 Å². The molecule has 0 aromatic heterocycles. The largest absolute Gasteiger partial charge is 0.497 e. The first-order valence-electron chi connectivity index (χ1n) is 10.9. The Balaban J connectivity index is 1.61. The number of hydrogen-bond acceptors (Lipinski definition) is 7. The van der Waals surface area contributed by atoms with Crippen molar-refractivity contribution in [2.45, 2.75) is 56.8 Å². The van der Waals surface area contributed by atoms with Crippen molar-refractivity contribution in [3.63, 3.8) is 0 Å². The Bertz CT molecular complexity index is 909. The predicted octanol–water partition coefficient (Wildman–Crippen LogP) is 1.66. The van der Waals surface area contributed by atoms with Crippen LogP contribution < -0.4 is 4.74 Å². The molecule has 1 amide bonds. The van der Waals surface area contributed by atoms with Crippen molar-refractivity contribution < 1.29 is 32.2 Å². The standard InChI is InChI=1S/C22H32N2O7S/c1-15-12-23(13-16(2)30-15)21(25)17(3)31-22(26)18-6-5-11-24(14-18)32(27,28)20-9-7-19(29-4)8-10-20/h7-10,15-18H,5-6,11-14H2,1-4H3. The molecule has 0 bridgehead atoms. The molecule has 0 N–H and O–H groups in total. The van der Waals surface area contributed by atoms with Gasteiger partial charge in [0.05, 0.1) is 30.1 Å². The minimum Gasteiger partial charge on any atom is -0.497 e. The van der Waals surface area contributed by atoms with Crippen molar-refractivity contribution in [2.24, 2.45) is 5.92 Å². The van der Waals surface area contributed by atoms with E-state index in [9.17, 15) is 18.0 Å². The Kier molecular flexibility index (Phi) is 7.79. The number of sulfonamides is 1. The van der Waals surface area contributed by atoms with E-state index in [0.29, 0.717) is 38.2 Å². The number of piperidine rings is 1. The number of carbonyl (C=O) groups excluding carboxylic acids is 2. The fourth-order valence-electron chi connectivity index (χ4n) is 4.19. The van der Waals surface area contributed by atoms with Crippen LogP contribution in [0.1, 0.15) is 33.6 Å². The van der Waals surface area contributed by atoms with E-state index in [-0.39, 0.29) is 29.6 Å². The van der Waals surface area contributed by atoms with Gasteiger partial charge in [-0.05, 0) is 57.9 Å². The maximum atomic E-state index is 13.0. The molecule has 0 spiro atoms. The summed E-state index contributed by atoms with van der Waals surface area (Å²) in [7, 11) is -2.24. The molecule has 178 valence electrons. The molecule has 3 rings (SSSR count). The first-order valence-corrected chi connectivity index (χ1v) is 12.3. The van der Waals surface area contributed by atoms with Crippen LogP contribution in [-0.4, -0.2) is 81.1 Å². The van der Waals surface area contributed by atoms with Gasteiger partial charge in [0, 0.05) is 26.2 Å². The fourth-order valence-corrected chi connectivity index (χ4v) is 5.71. The Morgan fingerprint density at radius 3 is 2.31 bits per heavy atom. The molecule has 0 saturated carbocycles. The summed E-state index contributed by atoms with van der Waals surface area (Å²) in [6.07, 6.45) is -0.0504. The summed E-state index contributed by atoms with van der Waals surface area (Å²) >= 11 is 0. The molecule has 2 fully saturated rings. The van der Waals surface area contributed by atoms with Gasteiger partial charge in [0.15, 0.2) is 6.10 Å². The number of hydrogen-bond donors (Lipinski definition) is 0. The Hall–Kier alpha value is -2.17. The average Bonchev–Trinajstić information content (AvgIpc) is 2.78. The van der Waals surface area contributed by atoms with Gasteiger partial charge in [-0.15, -0.1) is 0 Å². The molecule has 10 heteroatoms. The van der Waals surface area contributed by atoms with Gasteiger partial charge in [-0.3, -0.25) is 9.59 Å². The number of carbonyl (C=O) groups is 2. The van der Waals surface area contributed by atoms with Crippen LogP contribution >= 0.6 is 0 Å². The molecular formula is C22H32N2O7S. The fraction of sp³-hybridized carbons (Fsp3) is 0.636. The van der Waals surface area contributed by atoms with Gasteiger partial charge in [-0.25, -0.2) is 8.42 Å². The third-order valence-electron chi connectivity index (χ3n) is 5.79. The Labute approximate surface area is 189 Å². The zero-order chi connectivity index (χ0) is 23.5. The number of rotatable bonds is 6. The lowest BCUT2D eigenvalue weighted by Gasteiger charge is -2.36. The second kappa shape index (κ2) is 10.2. The van der Waals surface area contributed by atoms with E-state index < -0.39 is 28.0 Å². The van der Waals surface area contributed by atoms with Gasteiger partial charge < -0.3 is 19.1 Å². The second-order valence-corrected chi connectivity index (χ2v) is 10.4. The van der Waals surface area contributed by atoms with Crippen LogP contribution in [0.15, 0.2) is 29.2 Å². The van der Waals surface area contributed by atoms with E-state index in [1.807, 2.05) is 13.8 Å². The van der Waals surface area contributed by atoms with Crippen molar-refractivity contribution in [2.75, 3.05) is 33.3 Å². The van der Waals surface area contributed by atoms with Crippen LogP contribution in [0.2, 0.25) is 0 Å². The SMILES string of the molecule is COc1ccc(S(=O)(=O)N2CCCC(C(=O)OC(C)C(=O)N3CC(C)OC(C)C3)C2)cc1. The van der Waals surface area contributed by atoms with Gasteiger partial charge in [0.2, 0.25) is 10.0 Å². The summed E-state index contributed by atoms with van der Waals surface area (Å²) in [6, 6.07) is 6.15. The van der Waals surface area contributed by atoms with E-state index in [4.69, 9.17) is 14.2 Å². The van der Waals surface area contributed by atoms with Crippen molar-refractivity contribution >= 4 is 21.9 Å². The third kappa shape index (κ3) is 5.60. The Morgan fingerprint density at radius 1 is 1.09 bits per heavy atom. The highest BCUT2D eigenvalue weighted by atomic mass is 32.2. The predicted molar refractivity (Wildman–Crippen MR) is 117 cm³/mol. The van der Waals surface area contributed by atoms with Gasteiger partial charge in [-0.1, -0.05) is 0 Å². The number of methoxy groups -OCH3 is 1. The van der Waals surface area contributed by atoms with Crippen LogP contribution in [0.25, 0.3) is 0 Å². The van der Waals surface area contributed by atoms with E-state index in [2.05, 4.69) is 0 Å². The number of ether oxygens (including phenoxy) is 3. The van der Waals surface area contributed by atoms with Crippen LogP contribution in [0.4, 0.5) is 0 Å². The highest BCUT2D eigenvalue weighted by Crippen LogP contribution is 2.26. The molecule has 32 heavy (non-hydrogen) atoms. The molecule has 9 nitrogen and oxygen atoms in total. The number of benzene rings is 1. The highest BCUT2D eigenvalue weighted by Gasteiger charge is 2.36. The summed E-state index contributed by atoms with van der Waals surface area (Å²) in [5, 5.41) is 0. The van der Waals surface area contributed by atoms with Crippen molar-refractivity contribution in [3.8, 4) is 5.75 Å². The van der Waals surface area contributed by atoms with Crippen LogP contribution in [-0.2, 0) is 29.1 Å². The maximum Gasteiger partial charge on any atom is 0.311 e. The maximum absolute atomic E-state index is 13.0. The molecular weight excluding hydrogens is 436 g/mol. The number of esters is 1. The molecule has 4 atom stereocenters. The zero-order valence-electron chi connectivity index (χ0n) is 19.0. The monoisotopic (exact) mass is 468 g/mol. The summed E-state index contributed by atoms with van der Waals surface area (Å²) in [4.78, 5) is 27.3. The third-order valence-corrected chi connectivity index (χ3v) is 7.67. The first-order chi connectivity index (χ1) is 15.1. The van der Waals surface area contributed by atoms with Crippen LogP contribution in [0.3, 0.4) is 0 Å². The molecule has 2 aliphatic heterocycles. The number of morpholine rings is 1. The van der Waals surface area contributed by atoms with Crippen LogP contribution in [0.5, 0.6) is 5.75 Å².